The Kier molecular flexibility index (Phi) is 4.76. The lowest BCUT2D eigenvalue weighted by Crippen LogP contribution is -2.31. The lowest BCUT2D eigenvalue weighted by Gasteiger charge is -2.28. The molecule has 1 aliphatic heterocycles. The van der Waals surface area contributed by atoms with E-state index in [2.05, 4.69) is 26.2 Å². The summed E-state index contributed by atoms with van der Waals surface area (Å²) < 4.78 is 40.3. The summed E-state index contributed by atoms with van der Waals surface area (Å²) in [4.78, 5) is 13.2. The highest BCUT2D eigenvalue weighted by Gasteiger charge is 2.35. The third-order valence-corrected chi connectivity index (χ3v) is 4.91. The van der Waals surface area contributed by atoms with Gasteiger partial charge in [-0.2, -0.15) is 17.9 Å². The summed E-state index contributed by atoms with van der Waals surface area (Å²) in [5.74, 6) is -0.106. The minimum Gasteiger partial charge on any atom is -0.326 e. The maximum atomic E-state index is 13.2. The van der Waals surface area contributed by atoms with Crippen molar-refractivity contribution >= 4 is 17.5 Å². The van der Waals surface area contributed by atoms with Crippen molar-refractivity contribution in [2.45, 2.75) is 26.1 Å². The molecule has 7 nitrogen and oxygen atoms in total. The summed E-state index contributed by atoms with van der Waals surface area (Å²) in [5, 5.41) is 17.3. The van der Waals surface area contributed by atoms with Gasteiger partial charge < -0.3 is 10.6 Å². The van der Waals surface area contributed by atoms with Gasteiger partial charge in [-0.15, -0.1) is 0 Å². The largest absolute Gasteiger partial charge is 0.416 e. The predicted molar refractivity (Wildman–Crippen MR) is 104 cm³/mol. The Morgan fingerprint density at radius 3 is 2.47 bits per heavy atom. The average molecular weight is 414 g/mol. The first-order valence-electron chi connectivity index (χ1n) is 9.05. The maximum Gasteiger partial charge on any atom is 0.416 e. The highest BCUT2D eigenvalue weighted by molar-refractivity contribution is 6.06. The van der Waals surface area contributed by atoms with Crippen LogP contribution in [0.15, 0.2) is 59.8 Å². The minimum absolute atomic E-state index is 0.296. The fourth-order valence-electron chi connectivity index (χ4n) is 3.37. The molecule has 1 amide bonds. The Morgan fingerprint density at radius 2 is 1.80 bits per heavy atom. The minimum atomic E-state index is -4.45. The van der Waals surface area contributed by atoms with Gasteiger partial charge in [-0.25, -0.2) is 0 Å². The SMILES string of the molecule is CC1=C(C(=O)Nc2ccccc2C)C(c2ccc(C(F)(F)F)cc2)n2nnnc2N1. The van der Waals surface area contributed by atoms with Crippen molar-refractivity contribution in [2.24, 2.45) is 0 Å². The molecule has 0 aliphatic carbocycles. The van der Waals surface area contributed by atoms with Crippen LogP contribution in [0.3, 0.4) is 0 Å². The molecule has 1 atom stereocenters. The maximum absolute atomic E-state index is 13.2. The number of rotatable bonds is 3. The number of hydrogen-bond donors (Lipinski definition) is 2. The topological polar surface area (TPSA) is 84.7 Å². The van der Waals surface area contributed by atoms with Crippen LogP contribution >= 0.6 is 0 Å². The number of nitrogens with zero attached hydrogens (tertiary/aromatic N) is 4. The molecule has 154 valence electrons. The number of fused-ring (bicyclic) bond motifs is 1. The van der Waals surface area contributed by atoms with Gasteiger partial charge in [-0.3, -0.25) is 4.79 Å². The first kappa shape index (κ1) is 19.6. The van der Waals surface area contributed by atoms with Gasteiger partial charge in [0.15, 0.2) is 0 Å². The second-order valence-electron chi connectivity index (χ2n) is 6.90. The molecule has 0 bridgehead atoms. The van der Waals surface area contributed by atoms with E-state index in [4.69, 9.17) is 0 Å². The van der Waals surface area contributed by atoms with Crippen molar-refractivity contribution in [1.29, 1.82) is 0 Å². The highest BCUT2D eigenvalue weighted by atomic mass is 19.4. The van der Waals surface area contributed by atoms with Gasteiger partial charge in [-0.1, -0.05) is 35.4 Å². The number of hydrogen-bond acceptors (Lipinski definition) is 5. The van der Waals surface area contributed by atoms with E-state index in [-0.39, 0.29) is 0 Å². The zero-order valence-corrected chi connectivity index (χ0v) is 16.0. The molecule has 1 unspecified atom stereocenters. The fourth-order valence-corrected chi connectivity index (χ4v) is 3.37. The van der Waals surface area contributed by atoms with E-state index < -0.39 is 23.7 Å². The van der Waals surface area contributed by atoms with Crippen LogP contribution in [-0.4, -0.2) is 26.1 Å². The number of anilines is 2. The molecule has 0 radical (unpaired) electrons. The quantitative estimate of drug-likeness (QED) is 0.679. The summed E-state index contributed by atoms with van der Waals surface area (Å²) in [6.07, 6.45) is -4.45. The molecule has 2 heterocycles. The Bertz CT molecular complexity index is 1130. The highest BCUT2D eigenvalue weighted by Crippen LogP contribution is 2.36. The van der Waals surface area contributed by atoms with Gasteiger partial charge in [0.2, 0.25) is 5.95 Å². The number of nitrogens with one attached hydrogen (secondary N) is 2. The van der Waals surface area contributed by atoms with Crippen LogP contribution in [0, 0.1) is 6.92 Å². The van der Waals surface area contributed by atoms with Gasteiger partial charge in [0, 0.05) is 11.4 Å². The second kappa shape index (κ2) is 7.29. The number of carbonyl (C=O) groups is 1. The molecule has 0 fully saturated rings. The van der Waals surface area contributed by atoms with Crippen LogP contribution in [0.25, 0.3) is 0 Å². The Hall–Kier alpha value is -3.69. The average Bonchev–Trinajstić information content (AvgIpc) is 3.16. The number of carbonyl (C=O) groups excluding carboxylic acids is 1. The summed E-state index contributed by atoms with van der Waals surface area (Å²) in [5.41, 5.74) is 2.00. The molecule has 2 aromatic carbocycles. The number of alkyl halides is 3. The number of aromatic nitrogens is 4. The number of allylic oxidation sites excluding steroid dienone is 1. The van der Waals surface area contributed by atoms with Crippen LogP contribution in [0.5, 0.6) is 0 Å². The second-order valence-corrected chi connectivity index (χ2v) is 6.90. The van der Waals surface area contributed by atoms with E-state index in [9.17, 15) is 18.0 Å². The Morgan fingerprint density at radius 1 is 1.10 bits per heavy atom. The zero-order chi connectivity index (χ0) is 21.5. The lowest BCUT2D eigenvalue weighted by molar-refractivity contribution is -0.137. The molecule has 1 aliphatic rings. The third-order valence-electron chi connectivity index (χ3n) is 4.91. The Labute approximate surface area is 169 Å². The van der Waals surface area contributed by atoms with E-state index in [1.807, 2.05) is 19.1 Å². The lowest BCUT2D eigenvalue weighted by atomic mass is 9.94. The number of benzene rings is 2. The van der Waals surface area contributed by atoms with Gasteiger partial charge in [0.25, 0.3) is 5.91 Å². The smallest absolute Gasteiger partial charge is 0.326 e. The molecule has 3 aromatic rings. The number of amides is 1. The normalized spacial score (nSPS) is 16.1. The van der Waals surface area contributed by atoms with E-state index in [1.165, 1.54) is 16.8 Å². The van der Waals surface area contributed by atoms with Crippen LogP contribution in [0.1, 0.15) is 29.7 Å². The van der Waals surface area contributed by atoms with Crippen LogP contribution in [-0.2, 0) is 11.0 Å². The van der Waals surface area contributed by atoms with Gasteiger partial charge in [0.1, 0.15) is 6.04 Å². The van der Waals surface area contributed by atoms with E-state index >= 15 is 0 Å². The van der Waals surface area contributed by atoms with Gasteiger partial charge >= 0.3 is 6.18 Å². The molecule has 0 saturated heterocycles. The number of para-hydroxylation sites is 1. The van der Waals surface area contributed by atoms with Crippen LogP contribution in [0.4, 0.5) is 24.8 Å². The molecule has 4 rings (SSSR count). The number of aryl methyl sites for hydroxylation is 1. The van der Waals surface area contributed by atoms with E-state index in [0.29, 0.717) is 28.5 Å². The van der Waals surface area contributed by atoms with Crippen molar-refractivity contribution in [3.63, 3.8) is 0 Å². The van der Waals surface area contributed by atoms with Crippen LogP contribution in [0.2, 0.25) is 0 Å². The zero-order valence-electron chi connectivity index (χ0n) is 16.0. The molecule has 30 heavy (non-hydrogen) atoms. The predicted octanol–water partition coefficient (Wildman–Crippen LogP) is 3.93. The number of tetrazole rings is 1. The van der Waals surface area contributed by atoms with Crippen molar-refractivity contribution in [3.8, 4) is 0 Å². The summed E-state index contributed by atoms with van der Waals surface area (Å²) in [6, 6.07) is 11.1. The van der Waals surface area contributed by atoms with Crippen molar-refractivity contribution in [3.05, 3.63) is 76.5 Å². The first-order valence-corrected chi connectivity index (χ1v) is 9.05. The molecular formula is C20H17F3N6O. The summed E-state index contributed by atoms with van der Waals surface area (Å²) in [6.45, 7) is 3.56. The molecule has 1 aromatic heterocycles. The number of halogens is 3. The van der Waals surface area contributed by atoms with Crippen molar-refractivity contribution < 1.29 is 18.0 Å². The first-order chi connectivity index (χ1) is 14.3. The Balaban J connectivity index is 1.76. The molecule has 2 N–H and O–H groups in total. The van der Waals surface area contributed by atoms with Crippen molar-refractivity contribution in [1.82, 2.24) is 20.2 Å². The standard InChI is InChI=1S/C20H17F3N6O/c1-11-5-3-4-6-15(11)25-18(30)16-12(2)24-19-26-27-28-29(19)17(16)13-7-9-14(10-8-13)20(21,22)23/h3-10,17H,1-2H3,(H,25,30)(H,24,26,28). The summed E-state index contributed by atoms with van der Waals surface area (Å²) in [7, 11) is 0. The van der Waals surface area contributed by atoms with Crippen molar-refractivity contribution in [2.75, 3.05) is 10.6 Å². The third kappa shape index (κ3) is 3.51. The molecular weight excluding hydrogens is 397 g/mol. The van der Waals surface area contributed by atoms with Crippen LogP contribution < -0.4 is 10.6 Å². The summed E-state index contributed by atoms with van der Waals surface area (Å²) >= 11 is 0. The molecule has 0 saturated carbocycles. The molecule has 10 heteroatoms. The monoisotopic (exact) mass is 414 g/mol. The van der Waals surface area contributed by atoms with E-state index in [1.54, 1.807) is 19.1 Å². The van der Waals surface area contributed by atoms with Gasteiger partial charge in [0.05, 0.1) is 11.1 Å². The fraction of sp³-hybridized carbons (Fsp3) is 0.200. The molecule has 0 spiro atoms. The van der Waals surface area contributed by atoms with E-state index in [0.717, 1.165) is 17.7 Å². The van der Waals surface area contributed by atoms with Gasteiger partial charge in [-0.05, 0) is 53.6 Å².